The Morgan fingerprint density at radius 1 is 0.619 bits per heavy atom. The third-order valence-electron chi connectivity index (χ3n) is 3.17. The molecule has 0 rings (SSSR count). The van der Waals surface area contributed by atoms with E-state index in [9.17, 15) is 15.3 Å². The fraction of sp³-hybridized carbons (Fsp3) is 1.00. The van der Waals surface area contributed by atoms with E-state index in [4.69, 9.17) is 14.2 Å². The highest BCUT2D eigenvalue weighted by atomic mass is 16.6. The molecule has 0 saturated heterocycles. The number of rotatable bonds is 14. The van der Waals surface area contributed by atoms with Crippen LogP contribution >= 0.6 is 0 Å². The van der Waals surface area contributed by atoms with Gasteiger partial charge in [0.05, 0.1) is 51.3 Å². The minimum Gasteiger partial charge on any atom is -0.391 e. The monoisotopic (exact) mass is 308 g/mol. The van der Waals surface area contributed by atoms with E-state index in [-0.39, 0.29) is 39.1 Å². The van der Waals surface area contributed by atoms with Crippen LogP contribution in [-0.4, -0.2) is 72.8 Å². The van der Waals surface area contributed by atoms with Crippen LogP contribution in [0.15, 0.2) is 0 Å². The topological polar surface area (TPSA) is 88.4 Å². The second kappa shape index (κ2) is 13.4. The van der Waals surface area contributed by atoms with Crippen LogP contribution < -0.4 is 0 Å². The van der Waals surface area contributed by atoms with Gasteiger partial charge in [0.2, 0.25) is 0 Å². The molecule has 3 N–H and O–H groups in total. The number of ether oxygens (including phenoxy) is 3. The van der Waals surface area contributed by atoms with Crippen molar-refractivity contribution in [1.82, 2.24) is 0 Å². The van der Waals surface area contributed by atoms with E-state index >= 15 is 0 Å². The lowest BCUT2D eigenvalue weighted by Gasteiger charge is -2.21. The van der Waals surface area contributed by atoms with Gasteiger partial charge in [-0.2, -0.15) is 0 Å². The number of aliphatic hydroxyl groups excluding tert-OH is 3. The molecular formula is C15H32O6. The minimum atomic E-state index is -0.505. The molecule has 6 heteroatoms. The molecule has 0 saturated carbocycles. The average molecular weight is 308 g/mol. The highest BCUT2D eigenvalue weighted by Crippen LogP contribution is 2.02. The summed E-state index contributed by atoms with van der Waals surface area (Å²) in [6, 6.07) is 0. The molecule has 0 radical (unpaired) electrons. The Morgan fingerprint density at radius 3 is 1.38 bits per heavy atom. The summed E-state index contributed by atoms with van der Waals surface area (Å²) in [6.07, 6.45) is 0.120. The van der Waals surface area contributed by atoms with Gasteiger partial charge in [-0.1, -0.05) is 20.8 Å². The molecular weight excluding hydrogens is 276 g/mol. The van der Waals surface area contributed by atoms with Crippen molar-refractivity contribution in [1.29, 1.82) is 0 Å². The van der Waals surface area contributed by atoms with Crippen LogP contribution in [0.5, 0.6) is 0 Å². The normalized spacial score (nSPS) is 17.4. The number of hydrogen-bond donors (Lipinski definition) is 3. The quantitative estimate of drug-likeness (QED) is 0.438. The summed E-state index contributed by atoms with van der Waals surface area (Å²) in [4.78, 5) is 0. The zero-order chi connectivity index (χ0) is 16.1. The minimum absolute atomic E-state index is 0.223. The van der Waals surface area contributed by atoms with Crippen molar-refractivity contribution >= 4 is 0 Å². The molecule has 3 atom stereocenters. The third-order valence-corrected chi connectivity index (χ3v) is 3.17. The molecule has 0 fully saturated rings. The van der Waals surface area contributed by atoms with Crippen LogP contribution in [0.4, 0.5) is 0 Å². The number of hydrogen-bond acceptors (Lipinski definition) is 6. The van der Waals surface area contributed by atoms with Crippen molar-refractivity contribution in [3.63, 3.8) is 0 Å². The summed E-state index contributed by atoms with van der Waals surface area (Å²) in [5.74, 6) is 0. The standard InChI is InChI=1S/C15H32O6/c1-4-12(16)7-19-10-15(21-9-14(18)6-3)11-20-8-13(17)5-2/h12-18H,4-11H2,1-3H3. The Labute approximate surface area is 128 Å². The Balaban J connectivity index is 4.01. The summed E-state index contributed by atoms with van der Waals surface area (Å²) in [5, 5.41) is 28.4. The van der Waals surface area contributed by atoms with E-state index < -0.39 is 18.3 Å². The van der Waals surface area contributed by atoms with Gasteiger partial charge in [0.1, 0.15) is 6.10 Å². The molecule has 6 nitrogen and oxygen atoms in total. The maximum atomic E-state index is 9.52. The lowest BCUT2D eigenvalue weighted by molar-refractivity contribution is -0.0970. The van der Waals surface area contributed by atoms with Crippen LogP contribution in [-0.2, 0) is 14.2 Å². The molecule has 0 amide bonds. The molecule has 0 aromatic carbocycles. The van der Waals surface area contributed by atoms with Crippen molar-refractivity contribution in [2.45, 2.75) is 64.4 Å². The summed E-state index contributed by atoms with van der Waals surface area (Å²) in [7, 11) is 0. The van der Waals surface area contributed by atoms with Crippen LogP contribution in [0.1, 0.15) is 40.0 Å². The Hall–Kier alpha value is -0.240. The van der Waals surface area contributed by atoms with E-state index in [0.29, 0.717) is 19.3 Å². The van der Waals surface area contributed by atoms with Gasteiger partial charge in [0.25, 0.3) is 0 Å². The first kappa shape index (κ1) is 20.8. The van der Waals surface area contributed by atoms with E-state index in [1.165, 1.54) is 0 Å². The van der Waals surface area contributed by atoms with Gasteiger partial charge >= 0.3 is 0 Å². The maximum Gasteiger partial charge on any atom is 0.104 e. The van der Waals surface area contributed by atoms with Crippen molar-refractivity contribution in [3.05, 3.63) is 0 Å². The predicted molar refractivity (Wildman–Crippen MR) is 80.3 cm³/mol. The molecule has 0 bridgehead atoms. The Bertz CT molecular complexity index is 210. The van der Waals surface area contributed by atoms with Gasteiger partial charge in [0, 0.05) is 0 Å². The molecule has 0 aromatic rings. The van der Waals surface area contributed by atoms with E-state index in [1.54, 1.807) is 0 Å². The van der Waals surface area contributed by atoms with Crippen molar-refractivity contribution < 1.29 is 29.5 Å². The molecule has 128 valence electrons. The fourth-order valence-corrected chi connectivity index (χ4v) is 1.42. The van der Waals surface area contributed by atoms with Gasteiger partial charge in [-0.05, 0) is 19.3 Å². The second-order valence-corrected chi connectivity index (χ2v) is 5.22. The van der Waals surface area contributed by atoms with Crippen LogP contribution in [0.3, 0.4) is 0 Å². The van der Waals surface area contributed by atoms with Crippen molar-refractivity contribution in [2.75, 3.05) is 33.0 Å². The SMILES string of the molecule is CCC(O)COCC(COCC(O)CC)OCC(O)CC. The molecule has 0 heterocycles. The largest absolute Gasteiger partial charge is 0.391 e. The average Bonchev–Trinajstić information content (AvgIpc) is 2.50. The van der Waals surface area contributed by atoms with Gasteiger partial charge in [-0.25, -0.2) is 0 Å². The highest BCUT2D eigenvalue weighted by molar-refractivity contribution is 4.61. The molecule has 0 aliphatic rings. The van der Waals surface area contributed by atoms with E-state index in [0.717, 1.165) is 0 Å². The maximum absolute atomic E-state index is 9.52. The Morgan fingerprint density at radius 2 is 1.00 bits per heavy atom. The van der Waals surface area contributed by atoms with Crippen LogP contribution in [0.2, 0.25) is 0 Å². The van der Waals surface area contributed by atoms with Gasteiger partial charge < -0.3 is 29.5 Å². The first-order valence-corrected chi connectivity index (χ1v) is 7.84. The van der Waals surface area contributed by atoms with Gasteiger partial charge in [0.15, 0.2) is 0 Å². The highest BCUT2D eigenvalue weighted by Gasteiger charge is 2.14. The molecule has 21 heavy (non-hydrogen) atoms. The summed E-state index contributed by atoms with van der Waals surface area (Å²) >= 11 is 0. The van der Waals surface area contributed by atoms with Gasteiger partial charge in [-0.3, -0.25) is 0 Å². The first-order valence-electron chi connectivity index (χ1n) is 7.84. The molecule has 0 aromatic heterocycles. The summed E-state index contributed by atoms with van der Waals surface area (Å²) in [6.45, 7) is 6.95. The van der Waals surface area contributed by atoms with Gasteiger partial charge in [-0.15, -0.1) is 0 Å². The summed E-state index contributed by atoms with van der Waals surface area (Å²) < 4.78 is 16.4. The third kappa shape index (κ3) is 12.0. The smallest absolute Gasteiger partial charge is 0.104 e. The van der Waals surface area contributed by atoms with E-state index in [2.05, 4.69) is 0 Å². The van der Waals surface area contributed by atoms with E-state index in [1.807, 2.05) is 20.8 Å². The number of aliphatic hydroxyl groups is 3. The van der Waals surface area contributed by atoms with Crippen molar-refractivity contribution in [2.24, 2.45) is 0 Å². The lowest BCUT2D eigenvalue weighted by atomic mass is 10.3. The second-order valence-electron chi connectivity index (χ2n) is 5.22. The molecule has 0 spiro atoms. The zero-order valence-corrected chi connectivity index (χ0v) is 13.5. The molecule has 3 unspecified atom stereocenters. The zero-order valence-electron chi connectivity index (χ0n) is 13.5. The summed E-state index contributed by atoms with van der Waals surface area (Å²) in [5.41, 5.74) is 0. The van der Waals surface area contributed by atoms with Crippen LogP contribution in [0, 0.1) is 0 Å². The lowest BCUT2D eigenvalue weighted by Crippen LogP contribution is -2.31. The molecule has 0 aliphatic heterocycles. The predicted octanol–water partition coefficient (Wildman–Crippen LogP) is 0.717. The van der Waals surface area contributed by atoms with Crippen molar-refractivity contribution in [3.8, 4) is 0 Å². The molecule has 0 aliphatic carbocycles. The fourth-order valence-electron chi connectivity index (χ4n) is 1.42. The van der Waals surface area contributed by atoms with Crippen LogP contribution in [0.25, 0.3) is 0 Å². The first-order chi connectivity index (χ1) is 10.0. The Kier molecular flexibility index (Phi) is 13.3.